The van der Waals surface area contributed by atoms with Crippen LogP contribution in [0.5, 0.6) is 0 Å². The van der Waals surface area contributed by atoms with Gasteiger partial charge in [-0.3, -0.25) is 9.78 Å². The maximum atomic E-state index is 14.6. The van der Waals surface area contributed by atoms with Gasteiger partial charge in [0.15, 0.2) is 25.0 Å². The molecular formula is C47H89NO5Si3. The fourth-order valence-corrected chi connectivity index (χ4v) is 10.2. The second-order valence-corrected chi connectivity index (χ2v) is 36.3. The number of aromatic nitrogens is 1. The molecule has 0 saturated heterocycles. The van der Waals surface area contributed by atoms with Crippen molar-refractivity contribution < 1.29 is 23.2 Å². The van der Waals surface area contributed by atoms with Crippen molar-refractivity contribution in [3.05, 3.63) is 47.3 Å². The van der Waals surface area contributed by atoms with E-state index in [1.54, 1.807) is 0 Å². The molecule has 1 N–H and O–H groups in total. The fourth-order valence-electron chi connectivity index (χ4n) is 6.28. The Morgan fingerprint density at radius 3 is 1.84 bits per heavy atom. The molecule has 0 aromatic carbocycles. The number of Topliss-reactive ketones (excluding diaryl/α,β-unsaturated/α-hetero) is 1. The number of rotatable bonds is 22. The number of carbonyl (C=O) groups is 1. The minimum atomic E-state index is -2.21. The molecule has 5 atom stereocenters. The number of aliphatic hydroxyl groups is 1. The van der Waals surface area contributed by atoms with Crippen molar-refractivity contribution >= 4 is 36.8 Å². The highest BCUT2D eigenvalue weighted by Gasteiger charge is 2.48. The van der Waals surface area contributed by atoms with E-state index in [1.807, 2.05) is 45.2 Å². The molecule has 0 bridgehead atoms. The lowest BCUT2D eigenvalue weighted by Crippen LogP contribution is -2.53. The smallest absolute Gasteiger partial charge is 0.192 e. The van der Waals surface area contributed by atoms with E-state index in [1.165, 1.54) is 11.1 Å². The molecule has 0 saturated carbocycles. The number of aliphatic hydroxyl groups excluding tert-OH is 1. The summed E-state index contributed by atoms with van der Waals surface area (Å²) < 4.78 is 20.7. The number of allylic oxidation sites excluding steroid dienone is 1. The fraction of sp³-hybridized carbons (Fsp3) is 0.787. The molecule has 0 amide bonds. The molecule has 0 aliphatic heterocycles. The van der Waals surface area contributed by atoms with Crippen LogP contribution in [0.25, 0.3) is 6.08 Å². The number of pyridine rings is 1. The number of carbonyl (C=O) groups excluding carboxylic acids is 1. The van der Waals surface area contributed by atoms with E-state index >= 15 is 0 Å². The molecule has 1 aromatic rings. The van der Waals surface area contributed by atoms with Crippen LogP contribution < -0.4 is 0 Å². The van der Waals surface area contributed by atoms with Crippen LogP contribution in [0.2, 0.25) is 54.4 Å². The molecular weight excluding hydrogens is 743 g/mol. The summed E-state index contributed by atoms with van der Waals surface area (Å²) in [6.07, 6.45) is 10.1. The second-order valence-electron chi connectivity index (χ2n) is 22.0. The predicted octanol–water partition coefficient (Wildman–Crippen LogP) is 13.8. The van der Waals surface area contributed by atoms with E-state index in [2.05, 4.69) is 140 Å². The first-order valence-electron chi connectivity index (χ1n) is 21.7. The highest BCUT2D eigenvalue weighted by atomic mass is 28.4. The Hall–Kier alpha value is -1.21. The minimum Gasteiger partial charge on any atom is -0.417 e. The van der Waals surface area contributed by atoms with Gasteiger partial charge < -0.3 is 18.4 Å². The van der Waals surface area contributed by atoms with Crippen molar-refractivity contribution in [2.75, 3.05) is 6.61 Å². The van der Waals surface area contributed by atoms with Crippen LogP contribution in [0.4, 0.5) is 0 Å². The van der Waals surface area contributed by atoms with E-state index in [0.717, 1.165) is 31.4 Å². The largest absolute Gasteiger partial charge is 0.417 e. The SMILES string of the molecule is CC[C@H](C(=O)C(C)(C)[C@H](CCO[Si](C)(C)C(C)(C)C)O[Si](C)(C)C(C)(C)C)[C@H](O)[C@@H](C)CCCC(C)=CC[C@H](O[Si](C)(C)C(C)(C)C)C(C)=Cc1ccccn1. The molecule has 0 aliphatic rings. The van der Waals surface area contributed by atoms with Crippen LogP contribution in [0.3, 0.4) is 0 Å². The summed E-state index contributed by atoms with van der Waals surface area (Å²) in [6, 6.07) is 6.00. The monoisotopic (exact) mass is 832 g/mol. The van der Waals surface area contributed by atoms with Crippen LogP contribution in [0.1, 0.15) is 148 Å². The first-order valence-corrected chi connectivity index (χ1v) is 30.4. The third-order valence-electron chi connectivity index (χ3n) is 13.8. The molecule has 1 aromatic heterocycles. The lowest BCUT2D eigenvalue weighted by molar-refractivity contribution is -0.142. The minimum absolute atomic E-state index is 0.00325. The lowest BCUT2D eigenvalue weighted by Gasteiger charge is -2.45. The van der Waals surface area contributed by atoms with E-state index in [-0.39, 0.29) is 39.0 Å². The Morgan fingerprint density at radius 2 is 1.36 bits per heavy atom. The Bertz CT molecular complexity index is 1410. The number of nitrogens with zero attached hydrogens (tertiary/aromatic N) is 1. The normalized spacial score (nSPS) is 17.4. The second kappa shape index (κ2) is 20.9. The molecule has 1 rings (SSSR count). The molecule has 0 unspecified atom stereocenters. The molecule has 0 spiro atoms. The van der Waals surface area contributed by atoms with Crippen molar-refractivity contribution in [2.24, 2.45) is 17.3 Å². The predicted molar refractivity (Wildman–Crippen MR) is 250 cm³/mol. The van der Waals surface area contributed by atoms with Crippen LogP contribution >= 0.6 is 0 Å². The summed E-state index contributed by atoms with van der Waals surface area (Å²) in [7, 11) is -6.20. The van der Waals surface area contributed by atoms with Gasteiger partial charge in [-0.05, 0) is 136 Å². The number of hydrogen-bond acceptors (Lipinski definition) is 6. The third-order valence-corrected chi connectivity index (χ3v) is 27.3. The Balaban J connectivity index is 3.14. The quantitative estimate of drug-likeness (QED) is 0.0926. The first kappa shape index (κ1) is 52.8. The summed E-state index contributed by atoms with van der Waals surface area (Å²) in [5.74, 6) is -0.355. The maximum Gasteiger partial charge on any atom is 0.192 e. The van der Waals surface area contributed by atoms with E-state index in [9.17, 15) is 9.90 Å². The van der Waals surface area contributed by atoms with Crippen LogP contribution in [-0.4, -0.2) is 65.7 Å². The van der Waals surface area contributed by atoms with Crippen molar-refractivity contribution in [3.8, 4) is 0 Å². The molecule has 0 radical (unpaired) electrons. The van der Waals surface area contributed by atoms with Gasteiger partial charge in [0.05, 0.1) is 24.0 Å². The Kier molecular flexibility index (Phi) is 19.7. The molecule has 1 heterocycles. The Labute approximate surface area is 349 Å². The van der Waals surface area contributed by atoms with Gasteiger partial charge in [-0.25, -0.2) is 0 Å². The molecule has 0 fully saturated rings. The van der Waals surface area contributed by atoms with Crippen molar-refractivity contribution in [1.29, 1.82) is 0 Å². The summed E-state index contributed by atoms with van der Waals surface area (Å²) in [6.45, 7) is 47.3. The average molecular weight is 832 g/mol. The van der Waals surface area contributed by atoms with Gasteiger partial charge in [-0.2, -0.15) is 0 Å². The average Bonchev–Trinajstić information content (AvgIpc) is 3.04. The molecule has 9 heteroatoms. The standard InChI is InChI=1S/C47H89NO5Si3/c1-22-39(43(50)47(14,15)41(53-56(20,21)46(11,12)13)31-33-51-54(16,17)44(5,6)7)42(49)36(3)27-25-26-35(2)29-30-40(52-55(18,19)45(8,9)10)37(4)34-38-28-23-24-32-48-38/h23-24,28-29,32,34,36,39-42,49H,22,25-27,30-31,33H2,1-21H3/t36-,39-,40-,41-,42+/m0/s1. The topological polar surface area (TPSA) is 77.9 Å². The third kappa shape index (κ3) is 15.4. The van der Waals surface area contributed by atoms with E-state index in [0.29, 0.717) is 19.4 Å². The number of ketones is 1. The van der Waals surface area contributed by atoms with Crippen LogP contribution in [-0.2, 0) is 18.1 Å². The molecule has 0 aliphatic carbocycles. The summed E-state index contributed by atoms with van der Waals surface area (Å²) in [4.78, 5) is 19.1. The molecule has 6 nitrogen and oxygen atoms in total. The van der Waals surface area contributed by atoms with Crippen molar-refractivity contribution in [1.82, 2.24) is 4.98 Å². The van der Waals surface area contributed by atoms with Crippen LogP contribution in [0.15, 0.2) is 41.6 Å². The lowest BCUT2D eigenvalue weighted by atomic mass is 9.71. The maximum absolute atomic E-state index is 14.6. The van der Waals surface area contributed by atoms with Crippen LogP contribution in [0, 0.1) is 17.3 Å². The van der Waals surface area contributed by atoms with Gasteiger partial charge in [0, 0.05) is 24.1 Å². The first-order chi connectivity index (χ1) is 25.2. The van der Waals surface area contributed by atoms with E-state index in [4.69, 9.17) is 13.3 Å². The zero-order valence-electron chi connectivity index (χ0n) is 40.3. The van der Waals surface area contributed by atoms with Gasteiger partial charge >= 0.3 is 0 Å². The van der Waals surface area contributed by atoms with Gasteiger partial charge in [-0.15, -0.1) is 0 Å². The Morgan fingerprint density at radius 1 is 0.821 bits per heavy atom. The summed E-state index contributed by atoms with van der Waals surface area (Å²) >= 11 is 0. The highest BCUT2D eigenvalue weighted by Crippen LogP contribution is 2.43. The highest BCUT2D eigenvalue weighted by molar-refractivity contribution is 6.75. The van der Waals surface area contributed by atoms with Crippen molar-refractivity contribution in [2.45, 2.75) is 215 Å². The van der Waals surface area contributed by atoms with Gasteiger partial charge in [-0.1, -0.05) is 108 Å². The van der Waals surface area contributed by atoms with Gasteiger partial charge in [0.2, 0.25) is 0 Å². The molecule has 56 heavy (non-hydrogen) atoms. The summed E-state index contributed by atoms with van der Waals surface area (Å²) in [5, 5.41) is 12.0. The zero-order valence-corrected chi connectivity index (χ0v) is 43.3. The van der Waals surface area contributed by atoms with Crippen molar-refractivity contribution in [3.63, 3.8) is 0 Å². The van der Waals surface area contributed by atoms with E-state index < -0.39 is 42.4 Å². The zero-order chi connectivity index (χ0) is 43.7. The number of hydrogen-bond donors (Lipinski definition) is 1. The molecule has 324 valence electrons. The summed E-state index contributed by atoms with van der Waals surface area (Å²) in [5.41, 5.74) is 2.69. The van der Waals surface area contributed by atoms with Gasteiger partial charge in [0.25, 0.3) is 0 Å². The van der Waals surface area contributed by atoms with Gasteiger partial charge in [0.1, 0.15) is 5.78 Å².